The van der Waals surface area contributed by atoms with E-state index >= 15 is 0 Å². The van der Waals surface area contributed by atoms with E-state index in [-0.39, 0.29) is 11.9 Å². The summed E-state index contributed by atoms with van der Waals surface area (Å²) in [7, 11) is -1.14. The van der Waals surface area contributed by atoms with Crippen molar-refractivity contribution in [2.24, 2.45) is 0 Å². The molecule has 0 aliphatic heterocycles. The van der Waals surface area contributed by atoms with Crippen LogP contribution in [-0.4, -0.2) is 15.9 Å². The van der Waals surface area contributed by atoms with E-state index in [1.165, 1.54) is 11.1 Å². The molecule has 0 aromatic heterocycles. The third kappa shape index (κ3) is 3.37. The van der Waals surface area contributed by atoms with Crippen molar-refractivity contribution in [1.29, 1.82) is 0 Å². The molecular formula is C19H21NO2S. The number of hydrogen-bond acceptors (Lipinski definition) is 2. The topological polar surface area (TPSA) is 46.2 Å². The zero-order valence-corrected chi connectivity index (χ0v) is 14.1. The van der Waals surface area contributed by atoms with E-state index in [0.29, 0.717) is 16.2 Å². The lowest BCUT2D eigenvalue weighted by Gasteiger charge is -2.26. The maximum absolute atomic E-state index is 12.7. The molecule has 0 bridgehead atoms. The van der Waals surface area contributed by atoms with Crippen LogP contribution in [0, 0.1) is 0 Å². The number of fused-ring (bicyclic) bond motifs is 1. The van der Waals surface area contributed by atoms with E-state index in [1.807, 2.05) is 31.2 Å². The van der Waals surface area contributed by atoms with Gasteiger partial charge in [-0.05, 0) is 42.5 Å². The molecule has 0 saturated heterocycles. The van der Waals surface area contributed by atoms with Crippen molar-refractivity contribution in [1.82, 2.24) is 5.32 Å². The first kappa shape index (κ1) is 15.9. The summed E-state index contributed by atoms with van der Waals surface area (Å²) in [5.41, 5.74) is 3.05. The van der Waals surface area contributed by atoms with Crippen LogP contribution >= 0.6 is 0 Å². The number of nitrogens with one attached hydrogen (secondary N) is 1. The molecule has 0 spiro atoms. The van der Waals surface area contributed by atoms with Gasteiger partial charge in [0.2, 0.25) is 0 Å². The summed E-state index contributed by atoms with van der Waals surface area (Å²) >= 11 is 0. The summed E-state index contributed by atoms with van der Waals surface area (Å²) in [4.78, 5) is 13.3. The monoisotopic (exact) mass is 327 g/mol. The van der Waals surface area contributed by atoms with Gasteiger partial charge in [-0.15, -0.1) is 0 Å². The van der Waals surface area contributed by atoms with Gasteiger partial charge >= 0.3 is 0 Å². The van der Waals surface area contributed by atoms with Crippen molar-refractivity contribution >= 4 is 16.7 Å². The fraction of sp³-hybridized carbons (Fsp3) is 0.316. The van der Waals surface area contributed by atoms with Crippen LogP contribution in [0.25, 0.3) is 0 Å². The Morgan fingerprint density at radius 3 is 2.74 bits per heavy atom. The smallest absolute Gasteiger partial charge is 0.252 e. The van der Waals surface area contributed by atoms with Crippen LogP contribution in [0.3, 0.4) is 0 Å². The standard InChI is InChI=1S/C19H21NO2S/c1-2-23(22)18-13-6-5-11-16(18)19(21)20-17-12-7-9-14-8-3-4-10-15(14)17/h3-6,8,10-11,13,17H,2,7,9,12H2,1H3,(H,20,21)/t17-,23-/m1/s1. The first-order valence-corrected chi connectivity index (χ1v) is 9.38. The van der Waals surface area contributed by atoms with Crippen molar-refractivity contribution in [2.75, 3.05) is 5.75 Å². The maximum atomic E-state index is 12.7. The van der Waals surface area contributed by atoms with Gasteiger partial charge in [-0.3, -0.25) is 9.00 Å². The van der Waals surface area contributed by atoms with Crippen LogP contribution in [0.4, 0.5) is 0 Å². The molecular weight excluding hydrogens is 306 g/mol. The third-order valence-corrected chi connectivity index (χ3v) is 5.68. The molecule has 0 saturated carbocycles. The molecule has 0 unspecified atom stereocenters. The van der Waals surface area contributed by atoms with E-state index in [0.717, 1.165) is 19.3 Å². The van der Waals surface area contributed by atoms with Crippen LogP contribution in [0.15, 0.2) is 53.4 Å². The summed E-state index contributed by atoms with van der Waals surface area (Å²) in [6.07, 6.45) is 3.09. The Morgan fingerprint density at radius 2 is 1.91 bits per heavy atom. The Labute approximate surface area is 139 Å². The lowest BCUT2D eigenvalue weighted by atomic mass is 9.87. The molecule has 3 nitrogen and oxygen atoms in total. The molecule has 2 atom stereocenters. The lowest BCUT2D eigenvalue weighted by molar-refractivity contribution is 0.0929. The summed E-state index contributed by atoms with van der Waals surface area (Å²) < 4.78 is 12.2. The highest BCUT2D eigenvalue weighted by Crippen LogP contribution is 2.30. The van der Waals surface area contributed by atoms with E-state index in [9.17, 15) is 9.00 Å². The largest absolute Gasteiger partial charge is 0.345 e. The molecule has 2 aromatic rings. The van der Waals surface area contributed by atoms with Gasteiger partial charge in [-0.1, -0.05) is 43.3 Å². The number of carbonyl (C=O) groups is 1. The van der Waals surface area contributed by atoms with Gasteiger partial charge in [0.1, 0.15) is 0 Å². The highest BCUT2D eigenvalue weighted by molar-refractivity contribution is 7.85. The van der Waals surface area contributed by atoms with Crippen molar-refractivity contribution in [2.45, 2.75) is 37.1 Å². The maximum Gasteiger partial charge on any atom is 0.252 e. The highest BCUT2D eigenvalue weighted by Gasteiger charge is 2.23. The van der Waals surface area contributed by atoms with Crippen LogP contribution < -0.4 is 5.32 Å². The zero-order chi connectivity index (χ0) is 16.2. The normalized spacial score (nSPS) is 18.0. The molecule has 0 fully saturated rings. The quantitative estimate of drug-likeness (QED) is 0.932. The first-order chi connectivity index (χ1) is 11.2. The van der Waals surface area contributed by atoms with Crippen LogP contribution in [0.1, 0.15) is 47.3 Å². The van der Waals surface area contributed by atoms with Crippen LogP contribution in [0.2, 0.25) is 0 Å². The van der Waals surface area contributed by atoms with Gasteiger partial charge < -0.3 is 5.32 Å². The lowest BCUT2D eigenvalue weighted by Crippen LogP contribution is -2.31. The predicted octanol–water partition coefficient (Wildman–Crippen LogP) is 3.62. The predicted molar refractivity (Wildman–Crippen MR) is 93.0 cm³/mol. The van der Waals surface area contributed by atoms with Gasteiger partial charge in [0.05, 0.1) is 27.3 Å². The Bertz CT molecular complexity index is 742. The van der Waals surface area contributed by atoms with E-state index in [1.54, 1.807) is 12.1 Å². The van der Waals surface area contributed by atoms with Gasteiger partial charge in [0, 0.05) is 5.75 Å². The molecule has 1 aliphatic rings. The fourth-order valence-corrected chi connectivity index (χ4v) is 4.10. The molecule has 4 heteroatoms. The molecule has 1 amide bonds. The molecule has 23 heavy (non-hydrogen) atoms. The van der Waals surface area contributed by atoms with Crippen molar-refractivity contribution < 1.29 is 9.00 Å². The molecule has 1 aliphatic carbocycles. The summed E-state index contributed by atoms with van der Waals surface area (Å²) in [6.45, 7) is 1.86. The Kier molecular flexibility index (Phi) is 4.91. The minimum Gasteiger partial charge on any atom is -0.345 e. The van der Waals surface area contributed by atoms with Crippen LogP contribution in [-0.2, 0) is 17.2 Å². The SMILES string of the molecule is CC[S@@](=O)c1ccccc1C(=O)N[C@@H]1CCCc2ccccc21. The van der Waals surface area contributed by atoms with Gasteiger partial charge in [-0.2, -0.15) is 0 Å². The summed E-state index contributed by atoms with van der Waals surface area (Å²) in [5, 5.41) is 3.14. The van der Waals surface area contributed by atoms with E-state index in [2.05, 4.69) is 17.4 Å². The molecule has 3 rings (SSSR count). The highest BCUT2D eigenvalue weighted by atomic mass is 32.2. The zero-order valence-electron chi connectivity index (χ0n) is 13.2. The average Bonchev–Trinajstić information content (AvgIpc) is 2.61. The number of aryl methyl sites for hydroxylation is 1. The van der Waals surface area contributed by atoms with Gasteiger partial charge in [0.25, 0.3) is 5.91 Å². The van der Waals surface area contributed by atoms with Crippen LogP contribution in [0.5, 0.6) is 0 Å². The number of hydrogen-bond donors (Lipinski definition) is 1. The first-order valence-electron chi connectivity index (χ1n) is 8.06. The molecule has 0 heterocycles. The average molecular weight is 327 g/mol. The summed E-state index contributed by atoms with van der Waals surface area (Å²) in [5.74, 6) is 0.375. The Hall–Kier alpha value is -1.94. The van der Waals surface area contributed by atoms with Crippen molar-refractivity contribution in [3.8, 4) is 0 Å². The third-order valence-electron chi connectivity index (χ3n) is 4.31. The number of amides is 1. The second-order valence-corrected chi connectivity index (χ2v) is 7.46. The van der Waals surface area contributed by atoms with E-state index < -0.39 is 10.8 Å². The van der Waals surface area contributed by atoms with Gasteiger partial charge in [0.15, 0.2) is 0 Å². The Morgan fingerprint density at radius 1 is 1.17 bits per heavy atom. The minimum absolute atomic E-state index is 0.0376. The van der Waals surface area contributed by atoms with Crippen molar-refractivity contribution in [3.63, 3.8) is 0 Å². The van der Waals surface area contributed by atoms with E-state index in [4.69, 9.17) is 0 Å². The fourth-order valence-electron chi connectivity index (χ4n) is 3.15. The second-order valence-electron chi connectivity index (χ2n) is 5.75. The van der Waals surface area contributed by atoms with Crippen molar-refractivity contribution in [3.05, 3.63) is 65.2 Å². The molecule has 2 aromatic carbocycles. The number of benzene rings is 2. The molecule has 1 N–H and O–H groups in total. The Balaban J connectivity index is 1.85. The van der Waals surface area contributed by atoms with Gasteiger partial charge in [-0.25, -0.2) is 0 Å². The minimum atomic E-state index is -1.14. The number of rotatable bonds is 4. The molecule has 120 valence electrons. The summed E-state index contributed by atoms with van der Waals surface area (Å²) in [6, 6.07) is 15.5. The second kappa shape index (κ2) is 7.09. The molecule has 0 radical (unpaired) electrons. The number of carbonyl (C=O) groups excluding carboxylic acids is 1.